The highest BCUT2D eigenvalue weighted by atomic mass is 32.2. The van der Waals surface area contributed by atoms with Crippen molar-refractivity contribution >= 4 is 30.6 Å². The van der Waals surface area contributed by atoms with Gasteiger partial charge < -0.3 is 8.98 Å². The van der Waals surface area contributed by atoms with Crippen molar-refractivity contribution in [3.8, 4) is 16.9 Å². The van der Waals surface area contributed by atoms with Gasteiger partial charge in [-0.25, -0.2) is 4.68 Å². The first-order valence-corrected chi connectivity index (χ1v) is 17.6. The van der Waals surface area contributed by atoms with E-state index in [1.54, 1.807) is 6.26 Å². The molecule has 1 aromatic carbocycles. The Morgan fingerprint density at radius 1 is 1.13 bits per heavy atom. The van der Waals surface area contributed by atoms with E-state index in [-0.39, 0.29) is 11.1 Å². The molecule has 0 aliphatic heterocycles. The minimum absolute atomic E-state index is 0.0520. The highest BCUT2D eigenvalue weighted by Gasteiger charge is 2.37. The summed E-state index contributed by atoms with van der Waals surface area (Å²) in [5, 5.41) is 5.88. The predicted octanol–water partition coefficient (Wildman–Crippen LogP) is 6.73. The van der Waals surface area contributed by atoms with Gasteiger partial charge in [-0.3, -0.25) is 9.97 Å². The highest BCUT2D eigenvalue weighted by Crippen LogP contribution is 2.37. The lowest BCUT2D eigenvalue weighted by Gasteiger charge is -2.36. The van der Waals surface area contributed by atoms with E-state index < -0.39 is 19.7 Å². The summed E-state index contributed by atoms with van der Waals surface area (Å²) in [6, 6.07) is 16.3. The summed E-state index contributed by atoms with van der Waals surface area (Å²) in [6.45, 7) is 13.8. The SMILES string of the molecule is CCC[C@H](N[S@@+](C)[O-])c1cccc(-c2ccc3cnn(-c4ccnc(CO[Si](C)(C)C(C)(C)C)c4)c3c2)n1. The summed E-state index contributed by atoms with van der Waals surface area (Å²) in [6.07, 6.45) is 7.20. The molecule has 0 aliphatic rings. The number of aromatic nitrogens is 4. The summed E-state index contributed by atoms with van der Waals surface area (Å²) >= 11 is -1.11. The maximum absolute atomic E-state index is 11.9. The number of pyridine rings is 2. The van der Waals surface area contributed by atoms with Crippen molar-refractivity contribution in [2.75, 3.05) is 6.26 Å². The van der Waals surface area contributed by atoms with E-state index in [9.17, 15) is 4.55 Å². The van der Waals surface area contributed by atoms with Crippen LogP contribution >= 0.6 is 0 Å². The van der Waals surface area contributed by atoms with Crippen LogP contribution in [-0.2, 0) is 22.4 Å². The third-order valence-corrected chi connectivity index (χ3v) is 12.4. The van der Waals surface area contributed by atoms with Gasteiger partial charge in [0.25, 0.3) is 0 Å². The lowest BCUT2D eigenvalue weighted by molar-refractivity contribution is 0.272. The quantitative estimate of drug-likeness (QED) is 0.174. The second kappa shape index (κ2) is 11.7. The fourth-order valence-corrected chi connectivity index (χ4v) is 5.67. The third-order valence-electron chi connectivity index (χ3n) is 7.31. The van der Waals surface area contributed by atoms with E-state index in [1.807, 2.05) is 41.3 Å². The molecular formula is C29H39N5O2SSi. The minimum atomic E-state index is -1.88. The normalized spacial score (nSPS) is 14.1. The number of nitrogens with zero attached hydrogens (tertiary/aromatic N) is 4. The number of hydrogen-bond acceptors (Lipinski definition) is 6. The zero-order valence-electron chi connectivity index (χ0n) is 23.5. The van der Waals surface area contributed by atoms with Crippen molar-refractivity contribution in [2.24, 2.45) is 0 Å². The molecule has 202 valence electrons. The highest BCUT2D eigenvalue weighted by molar-refractivity contribution is 7.88. The Kier molecular flexibility index (Phi) is 8.74. The molecule has 0 spiro atoms. The van der Waals surface area contributed by atoms with Gasteiger partial charge in [0.1, 0.15) is 6.26 Å². The van der Waals surface area contributed by atoms with Crippen LogP contribution in [-0.4, -0.2) is 38.9 Å². The summed E-state index contributed by atoms with van der Waals surface area (Å²) in [4.78, 5) is 9.50. The molecule has 0 saturated heterocycles. The molecule has 0 unspecified atom stereocenters. The Hall–Kier alpha value is -2.56. The fraction of sp³-hybridized carbons (Fsp3) is 0.414. The van der Waals surface area contributed by atoms with E-state index in [0.29, 0.717) is 6.61 Å². The monoisotopic (exact) mass is 549 g/mol. The summed E-state index contributed by atoms with van der Waals surface area (Å²) in [7, 11) is -1.88. The van der Waals surface area contributed by atoms with Gasteiger partial charge in [0.05, 0.1) is 47.1 Å². The summed E-state index contributed by atoms with van der Waals surface area (Å²) < 4.78 is 23.4. The van der Waals surface area contributed by atoms with Crippen LogP contribution in [0.4, 0.5) is 0 Å². The van der Waals surface area contributed by atoms with E-state index in [4.69, 9.17) is 9.41 Å². The number of rotatable bonds is 10. The van der Waals surface area contributed by atoms with Gasteiger partial charge in [0.2, 0.25) is 0 Å². The van der Waals surface area contributed by atoms with Crippen molar-refractivity contribution in [3.63, 3.8) is 0 Å². The third kappa shape index (κ3) is 6.52. The molecule has 3 heterocycles. The van der Waals surface area contributed by atoms with E-state index in [0.717, 1.165) is 52.1 Å². The smallest absolute Gasteiger partial charge is 0.192 e. The second-order valence-corrected chi connectivity index (χ2v) is 17.2. The van der Waals surface area contributed by atoms with Gasteiger partial charge >= 0.3 is 0 Å². The number of benzene rings is 1. The van der Waals surface area contributed by atoms with Crippen molar-refractivity contribution < 1.29 is 8.98 Å². The average molecular weight is 550 g/mol. The van der Waals surface area contributed by atoms with Crippen LogP contribution in [0.5, 0.6) is 0 Å². The van der Waals surface area contributed by atoms with E-state index in [1.165, 1.54) is 0 Å². The molecule has 38 heavy (non-hydrogen) atoms. The van der Waals surface area contributed by atoms with Crippen molar-refractivity contribution in [1.82, 2.24) is 24.5 Å². The molecule has 3 aromatic heterocycles. The Balaban J connectivity index is 1.64. The maximum atomic E-state index is 11.9. The lowest BCUT2D eigenvalue weighted by atomic mass is 10.1. The second-order valence-electron chi connectivity index (χ2n) is 11.2. The van der Waals surface area contributed by atoms with Gasteiger partial charge in [0.15, 0.2) is 8.32 Å². The van der Waals surface area contributed by atoms with E-state index in [2.05, 4.69) is 79.9 Å². The number of nitrogens with one attached hydrogen (secondary N) is 1. The molecular weight excluding hydrogens is 511 g/mol. The molecule has 4 aromatic rings. The molecule has 0 bridgehead atoms. The van der Waals surface area contributed by atoms with Gasteiger partial charge in [0, 0.05) is 28.5 Å². The molecule has 7 nitrogen and oxygen atoms in total. The van der Waals surface area contributed by atoms with Crippen LogP contribution in [0.2, 0.25) is 18.1 Å². The number of fused-ring (bicyclic) bond motifs is 1. The van der Waals surface area contributed by atoms with Gasteiger partial charge in [-0.05, 0) is 54.9 Å². The summed E-state index contributed by atoms with van der Waals surface area (Å²) in [5.41, 5.74) is 5.61. The average Bonchev–Trinajstić information content (AvgIpc) is 3.30. The van der Waals surface area contributed by atoms with Crippen molar-refractivity contribution in [2.45, 2.75) is 71.3 Å². The Labute approximate surface area is 230 Å². The largest absolute Gasteiger partial charge is 0.598 e. The topological polar surface area (TPSA) is 87.9 Å². The fourth-order valence-electron chi connectivity index (χ4n) is 4.09. The Morgan fingerprint density at radius 3 is 2.63 bits per heavy atom. The predicted molar refractivity (Wildman–Crippen MR) is 159 cm³/mol. The minimum Gasteiger partial charge on any atom is -0.598 e. The lowest BCUT2D eigenvalue weighted by Crippen LogP contribution is -2.40. The first kappa shape index (κ1) is 28.4. The maximum Gasteiger partial charge on any atom is 0.192 e. The van der Waals surface area contributed by atoms with Gasteiger partial charge in [-0.2, -0.15) is 5.10 Å². The molecule has 0 saturated carbocycles. The molecule has 4 rings (SSSR count). The van der Waals surface area contributed by atoms with Crippen molar-refractivity contribution in [1.29, 1.82) is 0 Å². The van der Waals surface area contributed by atoms with Gasteiger partial charge in [-0.15, -0.1) is 4.72 Å². The molecule has 9 heteroatoms. The molecule has 0 aliphatic carbocycles. The first-order chi connectivity index (χ1) is 18.0. The molecule has 0 fully saturated rings. The van der Waals surface area contributed by atoms with Crippen molar-refractivity contribution in [3.05, 3.63) is 72.3 Å². The Bertz CT molecular complexity index is 1380. The van der Waals surface area contributed by atoms with Crippen LogP contribution in [0, 0.1) is 0 Å². The van der Waals surface area contributed by atoms with E-state index >= 15 is 0 Å². The van der Waals surface area contributed by atoms with Gasteiger partial charge in [-0.1, -0.05) is 52.3 Å². The van der Waals surface area contributed by atoms with Crippen LogP contribution in [0.1, 0.15) is 58.0 Å². The zero-order valence-corrected chi connectivity index (χ0v) is 25.3. The van der Waals surface area contributed by atoms with Crippen LogP contribution in [0.25, 0.3) is 27.8 Å². The van der Waals surface area contributed by atoms with Crippen LogP contribution in [0.15, 0.2) is 60.9 Å². The molecule has 0 amide bonds. The zero-order chi connectivity index (χ0) is 27.5. The standard InChI is InChI=1S/C29H39N5O2SSi/c1-8-10-27(33-37(5)35)26-12-9-11-25(32-26)21-13-14-22-19-31-34(28(22)17-21)24-15-16-30-23(18-24)20-36-38(6,7)29(2,3)4/h9,11-19,27,33H,8,10,20H2,1-7H3/t27-,37+/m0/s1. The Morgan fingerprint density at radius 2 is 1.92 bits per heavy atom. The summed E-state index contributed by atoms with van der Waals surface area (Å²) in [5.74, 6) is 0. The molecule has 1 N–H and O–H groups in total. The van der Waals surface area contributed by atoms with Crippen LogP contribution < -0.4 is 4.72 Å². The first-order valence-electron chi connectivity index (χ1n) is 13.1. The molecule has 0 radical (unpaired) electrons. The molecule has 2 atom stereocenters. The van der Waals surface area contributed by atoms with Crippen LogP contribution in [0.3, 0.4) is 0 Å². The number of hydrogen-bond donors (Lipinski definition) is 1.